The van der Waals surface area contributed by atoms with Gasteiger partial charge < -0.3 is 8.85 Å². The third-order valence-corrected chi connectivity index (χ3v) is 7.50. The summed E-state index contributed by atoms with van der Waals surface area (Å²) < 4.78 is 12.1. The summed E-state index contributed by atoms with van der Waals surface area (Å²) in [5, 5.41) is 0. The molecule has 0 atom stereocenters. The Kier molecular flexibility index (Phi) is 17.3. The molecule has 0 aliphatic carbocycles. The maximum Gasteiger partial charge on any atom is 0.332 e. The van der Waals surface area contributed by atoms with Gasteiger partial charge in [0.2, 0.25) is 0 Å². The lowest BCUT2D eigenvalue weighted by Crippen LogP contribution is -2.35. The first-order valence-electron chi connectivity index (χ1n) is 12.8. The Morgan fingerprint density at radius 1 is 0.700 bits per heavy atom. The Morgan fingerprint density at radius 2 is 1.20 bits per heavy atom. The quantitative estimate of drug-likeness (QED) is 0.143. The average Bonchev–Trinajstić information content (AvgIpc) is 2.75. The van der Waals surface area contributed by atoms with Crippen LogP contribution in [0.3, 0.4) is 0 Å². The van der Waals surface area contributed by atoms with Gasteiger partial charge >= 0.3 is 8.56 Å². The molecule has 0 fully saturated rings. The minimum atomic E-state index is -2.02. The van der Waals surface area contributed by atoms with Crippen LogP contribution in [0.2, 0.25) is 13.1 Å². The molecule has 30 heavy (non-hydrogen) atoms. The van der Waals surface area contributed by atoms with Crippen molar-refractivity contribution in [3.05, 3.63) is 30.1 Å². The number of unbranched alkanes of at least 4 members (excludes halogenated alkanes) is 15. The van der Waals surface area contributed by atoms with Gasteiger partial charge in [0.15, 0.2) is 0 Å². The van der Waals surface area contributed by atoms with E-state index in [0.29, 0.717) is 6.61 Å². The standard InChI is InChI=1S/C26H49NO2Si/c1-4-5-6-7-8-9-10-11-12-13-14-15-16-17-18-19-23-28-30(2,3)29-25-26-21-20-22-27-24-26/h20-22,24H,4-19,23,25H2,1-3H3. The molecule has 0 aromatic carbocycles. The summed E-state index contributed by atoms with van der Waals surface area (Å²) in [4.78, 5) is 4.13. The Labute approximate surface area is 188 Å². The molecule has 0 unspecified atom stereocenters. The molecule has 0 aliphatic heterocycles. The summed E-state index contributed by atoms with van der Waals surface area (Å²) in [5.74, 6) is 0. The zero-order chi connectivity index (χ0) is 21.8. The normalized spacial score (nSPS) is 11.8. The Hall–Kier alpha value is -0.713. The number of rotatable bonds is 21. The average molecular weight is 436 g/mol. The first-order valence-corrected chi connectivity index (χ1v) is 15.6. The molecule has 0 saturated heterocycles. The topological polar surface area (TPSA) is 31.4 Å². The fourth-order valence-corrected chi connectivity index (χ4v) is 4.98. The van der Waals surface area contributed by atoms with Gasteiger partial charge in [-0.15, -0.1) is 0 Å². The van der Waals surface area contributed by atoms with Gasteiger partial charge in [-0.3, -0.25) is 4.98 Å². The zero-order valence-corrected chi connectivity index (χ0v) is 21.3. The highest BCUT2D eigenvalue weighted by atomic mass is 28.4. The van der Waals surface area contributed by atoms with Crippen molar-refractivity contribution in [1.82, 2.24) is 4.98 Å². The lowest BCUT2D eigenvalue weighted by atomic mass is 10.0. The van der Waals surface area contributed by atoms with Crippen molar-refractivity contribution in [2.24, 2.45) is 0 Å². The molecular weight excluding hydrogens is 386 g/mol. The smallest absolute Gasteiger partial charge is 0.332 e. The molecule has 0 bridgehead atoms. The molecule has 0 aliphatic rings. The van der Waals surface area contributed by atoms with Crippen LogP contribution in [0.4, 0.5) is 0 Å². The van der Waals surface area contributed by atoms with Crippen molar-refractivity contribution in [1.29, 1.82) is 0 Å². The van der Waals surface area contributed by atoms with Gasteiger partial charge in [-0.05, 0) is 31.1 Å². The molecule has 174 valence electrons. The van der Waals surface area contributed by atoms with Gasteiger partial charge in [-0.1, -0.05) is 109 Å². The SMILES string of the molecule is CCCCCCCCCCCCCCCCCCO[Si](C)(C)OCc1cccnc1. The van der Waals surface area contributed by atoms with Crippen LogP contribution in [0.15, 0.2) is 24.5 Å². The lowest BCUT2D eigenvalue weighted by molar-refractivity contribution is 0.168. The summed E-state index contributed by atoms with van der Waals surface area (Å²) in [6, 6.07) is 4.00. The predicted molar refractivity (Wildman–Crippen MR) is 132 cm³/mol. The molecule has 1 rings (SSSR count). The summed E-state index contributed by atoms with van der Waals surface area (Å²) in [5.41, 5.74) is 1.11. The highest BCUT2D eigenvalue weighted by Crippen LogP contribution is 2.15. The molecule has 0 spiro atoms. The highest BCUT2D eigenvalue weighted by Gasteiger charge is 2.24. The molecular formula is C26H49NO2Si. The highest BCUT2D eigenvalue weighted by molar-refractivity contribution is 6.64. The van der Waals surface area contributed by atoms with E-state index in [1.807, 2.05) is 18.3 Å². The second kappa shape index (κ2) is 19.0. The molecule has 1 heterocycles. The van der Waals surface area contributed by atoms with Crippen LogP contribution in [-0.2, 0) is 15.5 Å². The fourth-order valence-electron chi connectivity index (χ4n) is 3.75. The van der Waals surface area contributed by atoms with Crippen molar-refractivity contribution in [3.63, 3.8) is 0 Å². The molecule has 0 radical (unpaired) electrons. The number of aromatic nitrogens is 1. The maximum atomic E-state index is 6.07. The van der Waals surface area contributed by atoms with E-state index < -0.39 is 8.56 Å². The molecule has 1 aromatic heterocycles. The van der Waals surface area contributed by atoms with Gasteiger partial charge in [0.05, 0.1) is 6.61 Å². The largest absolute Gasteiger partial charge is 0.395 e. The van der Waals surface area contributed by atoms with Gasteiger partial charge in [-0.25, -0.2) is 0 Å². The third kappa shape index (κ3) is 17.0. The summed E-state index contributed by atoms with van der Waals surface area (Å²) in [6.07, 6.45) is 26.1. The Morgan fingerprint density at radius 3 is 1.67 bits per heavy atom. The van der Waals surface area contributed by atoms with Gasteiger partial charge in [0.25, 0.3) is 0 Å². The summed E-state index contributed by atoms with van der Waals surface area (Å²) in [6.45, 7) is 8.00. The minimum absolute atomic E-state index is 0.603. The van der Waals surface area contributed by atoms with Gasteiger partial charge in [0, 0.05) is 19.0 Å². The second-order valence-electron chi connectivity index (χ2n) is 9.20. The van der Waals surface area contributed by atoms with Gasteiger partial charge in [0.1, 0.15) is 0 Å². The monoisotopic (exact) mass is 435 g/mol. The van der Waals surface area contributed by atoms with Crippen molar-refractivity contribution in [3.8, 4) is 0 Å². The number of pyridine rings is 1. The predicted octanol–water partition coefficient (Wildman–Crippen LogP) is 8.58. The van der Waals surface area contributed by atoms with E-state index in [4.69, 9.17) is 8.85 Å². The fraction of sp³-hybridized carbons (Fsp3) is 0.808. The molecule has 0 saturated carbocycles. The van der Waals surface area contributed by atoms with E-state index >= 15 is 0 Å². The first-order chi connectivity index (χ1) is 14.6. The molecule has 0 N–H and O–H groups in total. The zero-order valence-electron chi connectivity index (χ0n) is 20.3. The Bertz CT molecular complexity index is 481. The van der Waals surface area contributed by atoms with Crippen molar-refractivity contribution in [2.45, 2.75) is 129 Å². The van der Waals surface area contributed by atoms with Crippen LogP contribution in [-0.4, -0.2) is 20.2 Å². The number of hydrogen-bond acceptors (Lipinski definition) is 3. The van der Waals surface area contributed by atoms with E-state index in [0.717, 1.165) is 18.6 Å². The van der Waals surface area contributed by atoms with E-state index in [-0.39, 0.29) is 0 Å². The van der Waals surface area contributed by atoms with Crippen LogP contribution >= 0.6 is 0 Å². The molecule has 1 aromatic rings. The summed E-state index contributed by atoms with van der Waals surface area (Å²) >= 11 is 0. The van der Waals surface area contributed by atoms with Crippen LogP contribution < -0.4 is 0 Å². The van der Waals surface area contributed by atoms with Crippen molar-refractivity contribution < 1.29 is 8.85 Å². The van der Waals surface area contributed by atoms with Crippen LogP contribution in [0.1, 0.15) is 115 Å². The number of nitrogens with zero attached hydrogens (tertiary/aromatic N) is 1. The van der Waals surface area contributed by atoms with E-state index in [2.05, 4.69) is 25.0 Å². The van der Waals surface area contributed by atoms with Crippen molar-refractivity contribution in [2.75, 3.05) is 6.61 Å². The maximum absolute atomic E-state index is 6.07. The third-order valence-electron chi connectivity index (χ3n) is 5.76. The van der Waals surface area contributed by atoms with Gasteiger partial charge in [-0.2, -0.15) is 0 Å². The Balaban J connectivity index is 1.80. The lowest BCUT2D eigenvalue weighted by Gasteiger charge is -2.22. The van der Waals surface area contributed by atoms with Crippen molar-refractivity contribution >= 4 is 8.56 Å². The first kappa shape index (κ1) is 27.3. The van der Waals surface area contributed by atoms with Crippen LogP contribution in [0.25, 0.3) is 0 Å². The molecule has 4 heteroatoms. The molecule has 3 nitrogen and oxygen atoms in total. The van der Waals surface area contributed by atoms with Crippen LogP contribution in [0, 0.1) is 0 Å². The second-order valence-corrected chi connectivity index (χ2v) is 12.6. The summed E-state index contributed by atoms with van der Waals surface area (Å²) in [7, 11) is -2.02. The van der Waals surface area contributed by atoms with E-state index in [1.165, 1.54) is 96.3 Å². The van der Waals surface area contributed by atoms with E-state index in [9.17, 15) is 0 Å². The number of hydrogen-bond donors (Lipinski definition) is 0. The molecule has 0 amide bonds. The minimum Gasteiger partial charge on any atom is -0.395 e. The van der Waals surface area contributed by atoms with Crippen LogP contribution in [0.5, 0.6) is 0 Å². The van der Waals surface area contributed by atoms with E-state index in [1.54, 1.807) is 6.20 Å².